The van der Waals surface area contributed by atoms with Crippen molar-refractivity contribution in [1.29, 1.82) is 0 Å². The first kappa shape index (κ1) is 17.9. The summed E-state index contributed by atoms with van der Waals surface area (Å²) in [4.78, 5) is 0. The summed E-state index contributed by atoms with van der Waals surface area (Å²) in [5.74, 6) is -0.219. The molecule has 0 N–H and O–H groups in total. The van der Waals surface area contributed by atoms with Crippen LogP contribution in [0.2, 0.25) is 10.0 Å². The average Bonchev–Trinajstić information content (AvgIpc) is 2.78. The second kappa shape index (κ2) is 7.44. The number of aryl methyl sites for hydroxylation is 1. The van der Waals surface area contributed by atoms with Crippen molar-refractivity contribution < 1.29 is 23.0 Å². The molecular formula is C14H14Cl2F2N2O3. The first-order chi connectivity index (χ1) is 10.9. The molecule has 5 nitrogen and oxygen atoms in total. The smallest absolute Gasteiger partial charge is 0.388 e. The lowest BCUT2D eigenvalue weighted by molar-refractivity contribution is -0.105. The molecule has 2 aromatic rings. The van der Waals surface area contributed by atoms with Gasteiger partial charge in [0.2, 0.25) is 5.88 Å². The van der Waals surface area contributed by atoms with Gasteiger partial charge in [0, 0.05) is 37.4 Å². The Morgan fingerprint density at radius 2 is 1.83 bits per heavy atom. The Balaban J connectivity index is 2.49. The lowest BCUT2D eigenvalue weighted by Gasteiger charge is -2.16. The van der Waals surface area contributed by atoms with E-state index in [4.69, 9.17) is 32.7 Å². The molecule has 0 fully saturated rings. The van der Waals surface area contributed by atoms with E-state index < -0.39 is 12.9 Å². The van der Waals surface area contributed by atoms with Gasteiger partial charge in [0.1, 0.15) is 10.7 Å². The molecule has 9 heteroatoms. The molecule has 0 bridgehead atoms. The van der Waals surface area contributed by atoms with Gasteiger partial charge >= 0.3 is 6.61 Å². The molecule has 0 unspecified atom stereocenters. The molecule has 0 atom stereocenters. The van der Waals surface area contributed by atoms with E-state index in [1.54, 1.807) is 18.2 Å². The van der Waals surface area contributed by atoms with Crippen LogP contribution in [0.4, 0.5) is 8.78 Å². The monoisotopic (exact) mass is 366 g/mol. The first-order valence-electron chi connectivity index (χ1n) is 6.41. The number of aromatic nitrogens is 2. The van der Waals surface area contributed by atoms with Crippen LogP contribution in [-0.4, -0.2) is 30.6 Å². The Morgan fingerprint density at radius 3 is 2.39 bits per heavy atom. The Labute approximate surface area is 141 Å². The number of hydrogen-bond donors (Lipinski definition) is 0. The van der Waals surface area contributed by atoms with Gasteiger partial charge in [0.05, 0.1) is 0 Å². The zero-order valence-corrected chi connectivity index (χ0v) is 14.0. The molecule has 0 aliphatic heterocycles. The molecule has 0 saturated heterocycles. The zero-order valence-electron chi connectivity index (χ0n) is 12.5. The van der Waals surface area contributed by atoms with Crippen LogP contribution in [-0.2, 0) is 16.5 Å². The molecule has 23 heavy (non-hydrogen) atoms. The number of rotatable bonds is 6. The Kier molecular flexibility index (Phi) is 5.80. The van der Waals surface area contributed by atoms with E-state index in [1.807, 2.05) is 0 Å². The van der Waals surface area contributed by atoms with Crippen LogP contribution < -0.4 is 4.74 Å². The van der Waals surface area contributed by atoms with Crippen LogP contribution in [0.15, 0.2) is 18.2 Å². The molecule has 0 aliphatic carbocycles. The standard InChI is InChI=1S/C14H14Cl2F2N2O3/c1-20-12(23-14(17)18)10(16)11(19-20)7-4-5-9(15)8(6-7)13(21-2)22-3/h4-6,13-14H,1-3H3. The summed E-state index contributed by atoms with van der Waals surface area (Å²) in [6, 6.07) is 4.95. The van der Waals surface area contributed by atoms with Crippen LogP contribution >= 0.6 is 23.2 Å². The van der Waals surface area contributed by atoms with Gasteiger partial charge in [0.15, 0.2) is 6.29 Å². The Morgan fingerprint density at radius 1 is 1.17 bits per heavy atom. The summed E-state index contributed by atoms with van der Waals surface area (Å²) in [7, 11) is 4.40. The highest BCUT2D eigenvalue weighted by Gasteiger charge is 2.22. The summed E-state index contributed by atoms with van der Waals surface area (Å²) in [6.07, 6.45) is -0.679. The topological polar surface area (TPSA) is 45.5 Å². The van der Waals surface area contributed by atoms with Gasteiger partial charge < -0.3 is 14.2 Å². The van der Waals surface area contributed by atoms with E-state index in [1.165, 1.54) is 21.3 Å². The first-order valence-corrected chi connectivity index (χ1v) is 7.17. The predicted molar refractivity (Wildman–Crippen MR) is 82.1 cm³/mol. The number of alkyl halides is 2. The molecule has 0 amide bonds. The van der Waals surface area contributed by atoms with Gasteiger partial charge in [-0.25, -0.2) is 4.68 Å². The van der Waals surface area contributed by atoms with Crippen molar-refractivity contribution in [2.75, 3.05) is 14.2 Å². The largest absolute Gasteiger partial charge is 0.416 e. The van der Waals surface area contributed by atoms with E-state index in [0.29, 0.717) is 16.1 Å². The van der Waals surface area contributed by atoms with Crippen molar-refractivity contribution in [3.63, 3.8) is 0 Å². The minimum Gasteiger partial charge on any atom is -0.416 e. The average molecular weight is 367 g/mol. The molecule has 0 radical (unpaired) electrons. The van der Waals surface area contributed by atoms with Crippen LogP contribution in [0.5, 0.6) is 5.88 Å². The van der Waals surface area contributed by atoms with Crippen molar-refractivity contribution in [2.24, 2.45) is 7.05 Å². The third-order valence-electron chi connectivity index (χ3n) is 3.09. The van der Waals surface area contributed by atoms with E-state index in [9.17, 15) is 8.78 Å². The SMILES string of the molecule is COC(OC)c1cc(-c2nn(C)c(OC(F)F)c2Cl)ccc1Cl. The summed E-state index contributed by atoms with van der Waals surface area (Å²) >= 11 is 12.2. The maximum Gasteiger partial charge on any atom is 0.388 e. The Bertz CT molecular complexity index is 691. The fourth-order valence-corrected chi connectivity index (χ4v) is 2.62. The van der Waals surface area contributed by atoms with Gasteiger partial charge in [-0.1, -0.05) is 29.3 Å². The van der Waals surface area contributed by atoms with Gasteiger partial charge in [0.25, 0.3) is 0 Å². The maximum atomic E-state index is 12.4. The fraction of sp³-hybridized carbons (Fsp3) is 0.357. The number of benzene rings is 1. The van der Waals surface area contributed by atoms with Gasteiger partial charge in [-0.3, -0.25) is 0 Å². The maximum absolute atomic E-state index is 12.4. The lowest BCUT2D eigenvalue weighted by Crippen LogP contribution is -2.06. The van der Waals surface area contributed by atoms with Crippen molar-refractivity contribution in [3.05, 3.63) is 33.8 Å². The lowest BCUT2D eigenvalue weighted by atomic mass is 10.1. The summed E-state index contributed by atoms with van der Waals surface area (Å²) in [5, 5.41) is 4.53. The van der Waals surface area contributed by atoms with E-state index >= 15 is 0 Å². The van der Waals surface area contributed by atoms with Crippen molar-refractivity contribution >= 4 is 23.2 Å². The van der Waals surface area contributed by atoms with E-state index in [0.717, 1.165) is 4.68 Å². The van der Waals surface area contributed by atoms with E-state index in [2.05, 4.69) is 9.84 Å². The molecular weight excluding hydrogens is 353 g/mol. The molecule has 0 aliphatic rings. The molecule has 1 heterocycles. The fourth-order valence-electron chi connectivity index (χ4n) is 2.10. The third kappa shape index (κ3) is 3.74. The highest BCUT2D eigenvalue weighted by atomic mass is 35.5. The summed E-state index contributed by atoms with van der Waals surface area (Å²) < 4.78 is 40.8. The number of methoxy groups -OCH3 is 2. The summed E-state index contributed by atoms with van der Waals surface area (Å²) in [5.41, 5.74) is 1.41. The molecule has 0 saturated carbocycles. The molecule has 1 aromatic heterocycles. The second-order valence-corrected chi connectivity index (χ2v) is 5.29. The minimum absolute atomic E-state index is 0.0209. The minimum atomic E-state index is -3.00. The normalized spacial score (nSPS) is 11.5. The number of nitrogens with zero attached hydrogens (tertiary/aromatic N) is 2. The van der Waals surface area contributed by atoms with Crippen molar-refractivity contribution in [1.82, 2.24) is 9.78 Å². The highest BCUT2D eigenvalue weighted by molar-refractivity contribution is 6.34. The molecule has 1 aromatic carbocycles. The highest BCUT2D eigenvalue weighted by Crippen LogP contribution is 2.37. The molecule has 0 spiro atoms. The molecule has 2 rings (SSSR count). The third-order valence-corrected chi connectivity index (χ3v) is 3.78. The number of halogens is 4. The Hall–Kier alpha value is -1.41. The van der Waals surface area contributed by atoms with Crippen molar-refractivity contribution in [3.8, 4) is 17.1 Å². The number of ether oxygens (including phenoxy) is 3. The van der Waals surface area contributed by atoms with Crippen LogP contribution in [0.25, 0.3) is 11.3 Å². The second-order valence-electron chi connectivity index (χ2n) is 4.51. The van der Waals surface area contributed by atoms with Gasteiger partial charge in [-0.05, 0) is 12.1 Å². The quantitative estimate of drug-likeness (QED) is 0.715. The zero-order chi connectivity index (χ0) is 17.1. The summed E-state index contributed by atoms with van der Waals surface area (Å²) in [6.45, 7) is -3.00. The van der Waals surface area contributed by atoms with Gasteiger partial charge in [-0.15, -0.1) is 0 Å². The van der Waals surface area contributed by atoms with Gasteiger partial charge in [-0.2, -0.15) is 13.9 Å². The molecule has 126 valence electrons. The number of hydrogen-bond acceptors (Lipinski definition) is 4. The van der Waals surface area contributed by atoms with E-state index in [-0.39, 0.29) is 16.6 Å². The van der Waals surface area contributed by atoms with Crippen LogP contribution in [0.1, 0.15) is 11.9 Å². The predicted octanol–water partition coefficient (Wildman–Crippen LogP) is 4.29. The van der Waals surface area contributed by atoms with Crippen LogP contribution in [0.3, 0.4) is 0 Å². The van der Waals surface area contributed by atoms with Crippen molar-refractivity contribution in [2.45, 2.75) is 12.9 Å². The van der Waals surface area contributed by atoms with Crippen LogP contribution in [0, 0.1) is 0 Å².